The van der Waals surface area contributed by atoms with Gasteiger partial charge in [-0.05, 0) is 38.5 Å². The number of benzene rings is 2. The van der Waals surface area contributed by atoms with Crippen LogP contribution in [0, 0.1) is 24.0 Å². The topological polar surface area (TPSA) is 103 Å². The summed E-state index contributed by atoms with van der Waals surface area (Å²) in [5.74, 6) is 0.413. The predicted octanol–water partition coefficient (Wildman–Crippen LogP) is 4.57. The molecule has 0 saturated carbocycles. The van der Waals surface area contributed by atoms with Crippen LogP contribution in [0.15, 0.2) is 47.6 Å². The Kier molecular flexibility index (Phi) is 6.19. The number of anilines is 1. The molecule has 0 aliphatic rings. The van der Waals surface area contributed by atoms with Gasteiger partial charge in [0.25, 0.3) is 5.69 Å². The molecule has 29 heavy (non-hydrogen) atoms. The molecule has 1 atom stereocenters. The molecule has 1 heterocycles. The Morgan fingerprint density at radius 3 is 2.62 bits per heavy atom. The number of carbonyl (C=O) groups excluding carboxylic acids is 1. The second kappa shape index (κ2) is 8.62. The first kappa shape index (κ1) is 20.8. The molecule has 0 spiro atoms. The lowest BCUT2D eigenvalue weighted by molar-refractivity contribution is -0.384. The van der Waals surface area contributed by atoms with Crippen LogP contribution in [0.4, 0.5) is 11.4 Å². The van der Waals surface area contributed by atoms with Crippen molar-refractivity contribution in [2.45, 2.75) is 31.2 Å². The van der Waals surface area contributed by atoms with E-state index in [2.05, 4.69) is 15.5 Å². The summed E-state index contributed by atoms with van der Waals surface area (Å²) >= 11 is 7.32. The molecule has 1 N–H and O–H groups in total. The molecule has 1 unspecified atom stereocenters. The fourth-order valence-corrected chi connectivity index (χ4v) is 3.80. The van der Waals surface area contributed by atoms with Crippen LogP contribution in [-0.2, 0) is 4.79 Å². The van der Waals surface area contributed by atoms with Crippen LogP contribution >= 0.6 is 23.4 Å². The SMILES string of the molecule is Cc1ccccc1-n1c(C)nnc1SC(C)C(=O)Nc1ccc([N+](=O)[O-])cc1Cl. The normalized spacial score (nSPS) is 11.9. The van der Waals surface area contributed by atoms with Crippen molar-refractivity contribution in [3.63, 3.8) is 0 Å². The highest BCUT2D eigenvalue weighted by molar-refractivity contribution is 8.00. The minimum atomic E-state index is -0.545. The maximum absolute atomic E-state index is 12.6. The Morgan fingerprint density at radius 1 is 1.24 bits per heavy atom. The fourth-order valence-electron chi connectivity index (χ4n) is 2.68. The number of aryl methyl sites for hydroxylation is 2. The minimum absolute atomic E-state index is 0.101. The number of para-hydroxylation sites is 1. The number of nitro groups is 1. The number of non-ortho nitro benzene ring substituents is 1. The van der Waals surface area contributed by atoms with Gasteiger partial charge < -0.3 is 5.32 Å². The number of hydrogen-bond acceptors (Lipinski definition) is 6. The van der Waals surface area contributed by atoms with Gasteiger partial charge in [-0.15, -0.1) is 10.2 Å². The molecular weight excluding hydrogens is 414 g/mol. The number of nitro benzene ring substituents is 1. The molecule has 0 bridgehead atoms. The van der Waals surface area contributed by atoms with Crippen molar-refractivity contribution in [2.75, 3.05) is 5.32 Å². The van der Waals surface area contributed by atoms with Crippen molar-refractivity contribution in [3.05, 3.63) is 69.0 Å². The Balaban J connectivity index is 1.78. The molecule has 0 radical (unpaired) electrons. The lowest BCUT2D eigenvalue weighted by Gasteiger charge is -2.15. The van der Waals surface area contributed by atoms with E-state index in [0.717, 1.165) is 11.3 Å². The highest BCUT2D eigenvalue weighted by Gasteiger charge is 2.21. The molecule has 1 amide bonds. The monoisotopic (exact) mass is 431 g/mol. The number of hydrogen-bond donors (Lipinski definition) is 1. The van der Waals surface area contributed by atoms with E-state index < -0.39 is 10.2 Å². The first-order valence-corrected chi connectivity index (χ1v) is 9.93. The van der Waals surface area contributed by atoms with E-state index in [1.807, 2.05) is 42.7 Å². The largest absolute Gasteiger partial charge is 0.324 e. The number of amides is 1. The van der Waals surface area contributed by atoms with Gasteiger partial charge in [0.1, 0.15) is 5.82 Å². The van der Waals surface area contributed by atoms with E-state index in [-0.39, 0.29) is 16.6 Å². The van der Waals surface area contributed by atoms with Crippen LogP contribution in [-0.4, -0.2) is 30.8 Å². The van der Waals surface area contributed by atoms with Crippen molar-refractivity contribution in [1.29, 1.82) is 0 Å². The van der Waals surface area contributed by atoms with Crippen LogP contribution in [0.5, 0.6) is 0 Å². The van der Waals surface area contributed by atoms with E-state index in [1.54, 1.807) is 6.92 Å². The van der Waals surface area contributed by atoms with Crippen molar-refractivity contribution in [2.24, 2.45) is 0 Å². The van der Waals surface area contributed by atoms with Crippen LogP contribution in [0.1, 0.15) is 18.3 Å². The summed E-state index contributed by atoms with van der Waals surface area (Å²) in [7, 11) is 0. The van der Waals surface area contributed by atoms with Crippen LogP contribution < -0.4 is 5.32 Å². The van der Waals surface area contributed by atoms with Gasteiger partial charge in [-0.3, -0.25) is 19.5 Å². The predicted molar refractivity (Wildman–Crippen MR) is 113 cm³/mol. The molecule has 8 nitrogen and oxygen atoms in total. The molecular formula is C19H18ClN5O3S. The Hall–Kier alpha value is -2.91. The van der Waals surface area contributed by atoms with Crippen molar-refractivity contribution < 1.29 is 9.72 Å². The van der Waals surface area contributed by atoms with Gasteiger partial charge in [0.05, 0.1) is 26.6 Å². The lowest BCUT2D eigenvalue weighted by Crippen LogP contribution is -2.23. The van der Waals surface area contributed by atoms with Gasteiger partial charge in [0.2, 0.25) is 5.91 Å². The Labute approximate surface area is 176 Å². The zero-order chi connectivity index (χ0) is 21.1. The molecule has 0 aliphatic carbocycles. The summed E-state index contributed by atoms with van der Waals surface area (Å²) in [5.41, 5.74) is 2.18. The van der Waals surface area contributed by atoms with E-state index >= 15 is 0 Å². The number of thioether (sulfide) groups is 1. The van der Waals surface area contributed by atoms with E-state index in [0.29, 0.717) is 16.7 Å². The molecule has 0 fully saturated rings. The zero-order valence-corrected chi connectivity index (χ0v) is 17.5. The average Bonchev–Trinajstić information content (AvgIpc) is 3.03. The summed E-state index contributed by atoms with van der Waals surface area (Å²) < 4.78 is 1.91. The van der Waals surface area contributed by atoms with E-state index in [9.17, 15) is 14.9 Å². The Morgan fingerprint density at radius 2 is 1.97 bits per heavy atom. The average molecular weight is 432 g/mol. The standard InChI is InChI=1S/C19H18ClN5O3S/c1-11-6-4-5-7-17(11)24-13(3)22-23-19(24)29-12(2)18(26)21-16-9-8-14(25(27)28)10-15(16)20/h4-10,12H,1-3H3,(H,21,26). The van der Waals surface area contributed by atoms with Gasteiger partial charge in [-0.2, -0.15) is 0 Å². The van der Waals surface area contributed by atoms with Gasteiger partial charge in [-0.25, -0.2) is 0 Å². The number of carbonyl (C=O) groups is 1. The fraction of sp³-hybridized carbons (Fsp3) is 0.211. The number of rotatable bonds is 6. The van der Waals surface area contributed by atoms with Crippen LogP contribution in [0.3, 0.4) is 0 Å². The first-order valence-electron chi connectivity index (χ1n) is 8.67. The Bertz CT molecular complexity index is 1090. The third kappa shape index (κ3) is 4.57. The van der Waals surface area contributed by atoms with Crippen molar-refractivity contribution >= 4 is 40.6 Å². The van der Waals surface area contributed by atoms with E-state index in [1.165, 1.54) is 30.0 Å². The second-order valence-corrected chi connectivity index (χ2v) is 8.04. The maximum Gasteiger partial charge on any atom is 0.271 e. The molecule has 10 heteroatoms. The molecule has 0 saturated heterocycles. The van der Waals surface area contributed by atoms with Gasteiger partial charge >= 0.3 is 0 Å². The first-order chi connectivity index (χ1) is 13.8. The molecule has 3 aromatic rings. The van der Waals surface area contributed by atoms with Crippen molar-refractivity contribution in [3.8, 4) is 5.69 Å². The molecule has 150 valence electrons. The minimum Gasteiger partial charge on any atom is -0.324 e. The van der Waals surface area contributed by atoms with Gasteiger partial charge in [-0.1, -0.05) is 41.6 Å². The highest BCUT2D eigenvalue weighted by Crippen LogP contribution is 2.30. The van der Waals surface area contributed by atoms with Gasteiger partial charge in [0, 0.05) is 12.1 Å². The molecule has 1 aromatic heterocycles. The summed E-state index contributed by atoms with van der Waals surface area (Å²) in [6, 6.07) is 11.8. The number of halogens is 1. The quantitative estimate of drug-likeness (QED) is 0.348. The van der Waals surface area contributed by atoms with Crippen LogP contribution in [0.2, 0.25) is 5.02 Å². The summed E-state index contributed by atoms with van der Waals surface area (Å²) in [6.45, 7) is 5.59. The second-order valence-electron chi connectivity index (χ2n) is 6.32. The summed E-state index contributed by atoms with van der Waals surface area (Å²) in [4.78, 5) is 22.9. The summed E-state index contributed by atoms with van der Waals surface area (Å²) in [5, 5.41) is 22.1. The number of nitrogens with one attached hydrogen (secondary N) is 1. The number of nitrogens with zero attached hydrogens (tertiary/aromatic N) is 4. The van der Waals surface area contributed by atoms with Crippen LogP contribution in [0.25, 0.3) is 5.69 Å². The third-order valence-corrected chi connectivity index (χ3v) is 5.58. The third-order valence-electron chi connectivity index (χ3n) is 4.22. The van der Waals surface area contributed by atoms with Crippen molar-refractivity contribution in [1.82, 2.24) is 14.8 Å². The number of aromatic nitrogens is 3. The molecule has 0 aliphatic heterocycles. The maximum atomic E-state index is 12.6. The van der Waals surface area contributed by atoms with Gasteiger partial charge in [0.15, 0.2) is 5.16 Å². The molecule has 2 aromatic carbocycles. The molecule has 3 rings (SSSR count). The highest BCUT2D eigenvalue weighted by atomic mass is 35.5. The smallest absolute Gasteiger partial charge is 0.271 e. The summed E-state index contributed by atoms with van der Waals surface area (Å²) in [6.07, 6.45) is 0. The zero-order valence-electron chi connectivity index (χ0n) is 15.9. The lowest BCUT2D eigenvalue weighted by atomic mass is 10.2. The van der Waals surface area contributed by atoms with E-state index in [4.69, 9.17) is 11.6 Å².